The van der Waals surface area contributed by atoms with Crippen LogP contribution in [-0.2, 0) is 6.54 Å². The average Bonchev–Trinajstić information content (AvgIpc) is 2.78. The number of rotatable bonds is 11. The van der Waals surface area contributed by atoms with Crippen LogP contribution in [0.4, 0.5) is 0 Å². The molecule has 1 aliphatic rings. The van der Waals surface area contributed by atoms with E-state index < -0.39 is 11.7 Å². The molecule has 0 bridgehead atoms. The maximum Gasteiger partial charge on any atom is 0.137 e. The van der Waals surface area contributed by atoms with Gasteiger partial charge in [0.1, 0.15) is 30.3 Å². The normalized spacial score (nSPS) is 21.4. The molecule has 1 saturated heterocycles. The molecule has 1 heterocycles. The van der Waals surface area contributed by atoms with Crippen LogP contribution in [0.25, 0.3) is 0 Å². The molecule has 0 amide bonds. The molecule has 1 fully saturated rings. The molecular weight excluding hydrogens is 428 g/mol. The Balaban J connectivity index is 1.50. The number of likely N-dealkylation sites (tertiary alicyclic amines) is 1. The van der Waals surface area contributed by atoms with Gasteiger partial charge in [0.05, 0.1) is 6.10 Å². The Morgan fingerprint density at radius 1 is 1.03 bits per heavy atom. The summed E-state index contributed by atoms with van der Waals surface area (Å²) >= 11 is 0. The second kappa shape index (κ2) is 12.0. The van der Waals surface area contributed by atoms with Crippen molar-refractivity contribution in [3.63, 3.8) is 0 Å². The molecule has 0 aliphatic carbocycles. The van der Waals surface area contributed by atoms with Gasteiger partial charge in [-0.2, -0.15) is 0 Å². The number of aliphatic hydroxyl groups is 2. The number of hydrogen-bond donors (Lipinski definition) is 2. The minimum absolute atomic E-state index is 0.0602. The largest absolute Gasteiger partial charge is 0.492 e. The summed E-state index contributed by atoms with van der Waals surface area (Å²) in [4.78, 5) is 4.59. The van der Waals surface area contributed by atoms with E-state index >= 15 is 0 Å². The van der Waals surface area contributed by atoms with Crippen LogP contribution in [0.3, 0.4) is 0 Å². The molecule has 2 N–H and O–H groups in total. The van der Waals surface area contributed by atoms with E-state index in [0.29, 0.717) is 44.0 Å². The van der Waals surface area contributed by atoms with Gasteiger partial charge in [-0.15, -0.1) is 0 Å². The number of hydrogen-bond acceptors (Lipinski definition) is 6. The van der Waals surface area contributed by atoms with Crippen LogP contribution in [0.15, 0.2) is 48.5 Å². The molecule has 1 aliphatic heterocycles. The SMILES string of the molecule is Cc1cccc(OC[C@@]2(O)CN(Cc3ccc(OCCN(C(C)C)C(C)C)cc3)CC[C@@H]2O)c1. The first-order valence-electron chi connectivity index (χ1n) is 12.5. The van der Waals surface area contributed by atoms with Crippen molar-refractivity contribution >= 4 is 0 Å². The standard InChI is InChI=1S/C28H42N2O4/c1-21(2)30(22(3)4)15-16-33-25-11-9-24(10-12-25)18-29-14-13-27(31)28(32,19-29)20-34-26-8-6-7-23(5)17-26/h6-12,17,21-22,27,31-32H,13-16,18-20H2,1-5H3/t27-,28-/m0/s1. The Labute approximate surface area is 205 Å². The molecule has 34 heavy (non-hydrogen) atoms. The van der Waals surface area contributed by atoms with E-state index in [2.05, 4.69) is 49.6 Å². The zero-order valence-corrected chi connectivity index (χ0v) is 21.4. The van der Waals surface area contributed by atoms with Gasteiger partial charge in [-0.1, -0.05) is 24.3 Å². The quantitative estimate of drug-likeness (QED) is 0.520. The van der Waals surface area contributed by atoms with Gasteiger partial charge in [0.2, 0.25) is 0 Å². The minimum atomic E-state index is -1.30. The highest BCUT2D eigenvalue weighted by molar-refractivity contribution is 5.28. The van der Waals surface area contributed by atoms with Crippen molar-refractivity contribution in [2.75, 3.05) is 32.8 Å². The fourth-order valence-corrected chi connectivity index (χ4v) is 4.67. The van der Waals surface area contributed by atoms with Gasteiger partial charge in [0, 0.05) is 38.3 Å². The fourth-order valence-electron chi connectivity index (χ4n) is 4.67. The summed E-state index contributed by atoms with van der Waals surface area (Å²) in [5.41, 5.74) is 0.945. The van der Waals surface area contributed by atoms with Crippen LogP contribution in [0, 0.1) is 6.92 Å². The van der Waals surface area contributed by atoms with E-state index in [1.54, 1.807) is 0 Å². The third-order valence-electron chi connectivity index (χ3n) is 6.59. The van der Waals surface area contributed by atoms with Crippen molar-refractivity contribution in [1.29, 1.82) is 0 Å². The fraction of sp³-hybridized carbons (Fsp3) is 0.571. The lowest BCUT2D eigenvalue weighted by Gasteiger charge is -2.42. The Bertz CT molecular complexity index is 878. The summed E-state index contributed by atoms with van der Waals surface area (Å²) in [6, 6.07) is 16.9. The molecule has 0 aromatic heterocycles. The lowest BCUT2D eigenvalue weighted by atomic mass is 9.90. The van der Waals surface area contributed by atoms with Gasteiger partial charge in [0.15, 0.2) is 0 Å². The first-order valence-corrected chi connectivity index (χ1v) is 12.5. The first-order chi connectivity index (χ1) is 16.2. The number of nitrogens with zero attached hydrogens (tertiary/aromatic N) is 2. The van der Waals surface area contributed by atoms with E-state index in [1.807, 2.05) is 43.3 Å². The molecule has 2 atom stereocenters. The molecule has 6 nitrogen and oxygen atoms in total. The molecule has 0 spiro atoms. The zero-order chi connectivity index (χ0) is 24.7. The molecule has 2 aromatic rings. The van der Waals surface area contributed by atoms with E-state index in [-0.39, 0.29) is 6.61 Å². The van der Waals surface area contributed by atoms with Gasteiger partial charge >= 0.3 is 0 Å². The predicted octanol–water partition coefficient (Wildman–Crippen LogP) is 3.87. The molecule has 0 saturated carbocycles. The van der Waals surface area contributed by atoms with Gasteiger partial charge in [0.25, 0.3) is 0 Å². The summed E-state index contributed by atoms with van der Waals surface area (Å²) in [5.74, 6) is 1.58. The van der Waals surface area contributed by atoms with Gasteiger partial charge in [-0.05, 0) is 76.4 Å². The molecule has 0 unspecified atom stereocenters. The second-order valence-electron chi connectivity index (χ2n) is 10.1. The van der Waals surface area contributed by atoms with Crippen LogP contribution in [0.5, 0.6) is 11.5 Å². The van der Waals surface area contributed by atoms with Crippen molar-refractivity contribution in [1.82, 2.24) is 9.80 Å². The Morgan fingerprint density at radius 3 is 2.38 bits per heavy atom. The topological polar surface area (TPSA) is 65.4 Å². The highest BCUT2D eigenvalue weighted by Gasteiger charge is 2.42. The summed E-state index contributed by atoms with van der Waals surface area (Å²) in [6.07, 6.45) is -0.294. The lowest BCUT2D eigenvalue weighted by Crippen LogP contribution is -2.59. The minimum Gasteiger partial charge on any atom is -0.492 e. The highest BCUT2D eigenvalue weighted by Crippen LogP contribution is 2.25. The number of piperidine rings is 1. The maximum atomic E-state index is 11.1. The van der Waals surface area contributed by atoms with Gasteiger partial charge < -0.3 is 19.7 Å². The predicted molar refractivity (Wildman–Crippen MR) is 136 cm³/mol. The smallest absolute Gasteiger partial charge is 0.137 e. The first kappa shape index (κ1) is 26.5. The number of β-amino-alcohol motifs (C(OH)–C–C–N with tert-alkyl or cyclic N) is 1. The molecule has 188 valence electrons. The molecule has 6 heteroatoms. The van der Waals surface area contributed by atoms with Gasteiger partial charge in [-0.3, -0.25) is 9.80 Å². The van der Waals surface area contributed by atoms with Crippen molar-refractivity contribution in [3.8, 4) is 11.5 Å². The van der Waals surface area contributed by atoms with Crippen LogP contribution >= 0.6 is 0 Å². The van der Waals surface area contributed by atoms with E-state index in [4.69, 9.17) is 9.47 Å². The Hall–Kier alpha value is -2.12. The summed E-state index contributed by atoms with van der Waals surface area (Å²) < 4.78 is 11.8. The van der Waals surface area contributed by atoms with Crippen LogP contribution < -0.4 is 9.47 Å². The van der Waals surface area contributed by atoms with Crippen LogP contribution in [0.2, 0.25) is 0 Å². The Kier molecular flexibility index (Phi) is 9.37. The van der Waals surface area contributed by atoms with E-state index in [1.165, 1.54) is 0 Å². The highest BCUT2D eigenvalue weighted by atomic mass is 16.5. The lowest BCUT2D eigenvalue weighted by molar-refractivity contribution is -0.140. The number of benzene rings is 2. The number of aryl methyl sites for hydroxylation is 1. The second-order valence-corrected chi connectivity index (χ2v) is 10.1. The molecule has 3 rings (SSSR count). The number of aliphatic hydroxyl groups excluding tert-OH is 1. The molecular formula is C28H42N2O4. The van der Waals surface area contributed by atoms with Crippen molar-refractivity contribution in [2.24, 2.45) is 0 Å². The molecule has 0 radical (unpaired) electrons. The zero-order valence-electron chi connectivity index (χ0n) is 21.4. The van der Waals surface area contributed by atoms with E-state index in [0.717, 1.165) is 30.0 Å². The summed E-state index contributed by atoms with van der Waals surface area (Å²) in [6.45, 7) is 14.3. The van der Waals surface area contributed by atoms with Gasteiger partial charge in [-0.25, -0.2) is 0 Å². The van der Waals surface area contributed by atoms with Crippen molar-refractivity contribution in [2.45, 2.75) is 71.4 Å². The van der Waals surface area contributed by atoms with Crippen molar-refractivity contribution in [3.05, 3.63) is 59.7 Å². The third kappa shape index (κ3) is 7.44. The summed E-state index contributed by atoms with van der Waals surface area (Å²) in [7, 11) is 0. The average molecular weight is 471 g/mol. The van der Waals surface area contributed by atoms with E-state index in [9.17, 15) is 10.2 Å². The number of ether oxygens (including phenoxy) is 2. The van der Waals surface area contributed by atoms with Crippen molar-refractivity contribution < 1.29 is 19.7 Å². The monoisotopic (exact) mass is 470 g/mol. The molecule has 2 aromatic carbocycles. The Morgan fingerprint density at radius 2 is 1.74 bits per heavy atom. The van der Waals surface area contributed by atoms with Crippen LogP contribution in [0.1, 0.15) is 45.2 Å². The summed E-state index contributed by atoms with van der Waals surface area (Å²) in [5, 5.41) is 21.6. The van der Waals surface area contributed by atoms with Crippen LogP contribution in [-0.4, -0.2) is 76.6 Å². The third-order valence-corrected chi connectivity index (χ3v) is 6.59. The maximum absolute atomic E-state index is 11.1.